The lowest BCUT2D eigenvalue weighted by Gasteiger charge is -2.33. The van der Waals surface area contributed by atoms with E-state index in [0.717, 1.165) is 0 Å². The number of anilines is 2. The number of carbonyl (C=O) groups excluding carboxylic acids is 1. The predicted octanol–water partition coefficient (Wildman–Crippen LogP) is 3.02. The van der Waals surface area contributed by atoms with Gasteiger partial charge in [0.05, 0.1) is 28.8 Å². The molecule has 0 bridgehead atoms. The largest absolute Gasteiger partial charge is 0.375 e. The monoisotopic (exact) mass is 447 g/mol. The van der Waals surface area contributed by atoms with Crippen molar-refractivity contribution in [2.24, 2.45) is 0 Å². The van der Waals surface area contributed by atoms with E-state index in [-0.39, 0.29) is 30.4 Å². The zero-order valence-electron chi connectivity index (χ0n) is 17.9. The Bertz CT molecular complexity index is 856. The fourth-order valence-corrected chi connectivity index (χ4v) is 3.81. The number of halogens is 2. The Balaban J connectivity index is 1.85. The van der Waals surface area contributed by atoms with Gasteiger partial charge in [0.15, 0.2) is 11.6 Å². The standard InChI is InChI=1S/C20H31F2N3O4S/c1-14-13-25(11-12-29-14)16-9-8-15(18(21)19(16)22)24-17(26)7-5-6-10-23-30(27,28)20(2,3)4/h8-9,14,23H,5-7,10-13H2,1-4H3,(H,24,26)/t14-/m1/s1. The van der Waals surface area contributed by atoms with Crippen LogP contribution in [0.4, 0.5) is 20.2 Å². The molecule has 0 aromatic heterocycles. The van der Waals surface area contributed by atoms with E-state index in [0.29, 0.717) is 32.5 Å². The van der Waals surface area contributed by atoms with Crippen LogP contribution in [0.1, 0.15) is 47.0 Å². The number of rotatable bonds is 8. The summed E-state index contributed by atoms with van der Waals surface area (Å²) in [7, 11) is -3.43. The molecule has 170 valence electrons. The van der Waals surface area contributed by atoms with Gasteiger partial charge in [-0.2, -0.15) is 0 Å². The Labute approximate surface area is 177 Å². The molecule has 1 atom stereocenters. The first-order valence-corrected chi connectivity index (χ1v) is 11.5. The van der Waals surface area contributed by atoms with E-state index in [1.54, 1.807) is 25.7 Å². The van der Waals surface area contributed by atoms with Crippen molar-refractivity contribution in [1.82, 2.24) is 4.72 Å². The van der Waals surface area contributed by atoms with Gasteiger partial charge in [-0.15, -0.1) is 0 Å². The zero-order valence-corrected chi connectivity index (χ0v) is 18.7. The van der Waals surface area contributed by atoms with Gasteiger partial charge >= 0.3 is 0 Å². The number of carbonyl (C=O) groups is 1. The lowest BCUT2D eigenvalue weighted by atomic mass is 10.2. The van der Waals surface area contributed by atoms with Crippen molar-refractivity contribution in [3.63, 3.8) is 0 Å². The maximum absolute atomic E-state index is 14.5. The lowest BCUT2D eigenvalue weighted by Crippen LogP contribution is -2.41. The Morgan fingerprint density at radius 2 is 1.93 bits per heavy atom. The number of hydrogen-bond donors (Lipinski definition) is 2. The normalized spacial score (nSPS) is 17.8. The topological polar surface area (TPSA) is 87.7 Å². The van der Waals surface area contributed by atoms with Crippen molar-refractivity contribution in [2.45, 2.75) is 57.8 Å². The molecule has 1 fully saturated rings. The van der Waals surface area contributed by atoms with Gasteiger partial charge < -0.3 is 15.0 Å². The van der Waals surface area contributed by atoms with Crippen LogP contribution in [0.15, 0.2) is 12.1 Å². The van der Waals surface area contributed by atoms with E-state index in [4.69, 9.17) is 4.74 Å². The molecule has 1 aliphatic rings. The third-order valence-corrected chi connectivity index (χ3v) is 7.04. The molecule has 0 unspecified atom stereocenters. The molecule has 2 N–H and O–H groups in total. The van der Waals surface area contributed by atoms with E-state index in [2.05, 4.69) is 10.0 Å². The SMILES string of the molecule is C[C@@H]1CN(c2ccc(NC(=O)CCCCNS(=O)(=O)C(C)(C)C)c(F)c2F)CCO1. The number of nitrogens with zero attached hydrogens (tertiary/aromatic N) is 1. The molecule has 0 radical (unpaired) electrons. The molecule has 1 saturated heterocycles. The minimum atomic E-state index is -3.43. The average molecular weight is 448 g/mol. The molecule has 30 heavy (non-hydrogen) atoms. The Morgan fingerprint density at radius 3 is 2.57 bits per heavy atom. The molecule has 2 rings (SSSR count). The summed E-state index contributed by atoms with van der Waals surface area (Å²) in [5.74, 6) is -2.56. The minimum Gasteiger partial charge on any atom is -0.375 e. The van der Waals surface area contributed by atoms with Gasteiger partial charge in [0.25, 0.3) is 0 Å². The quantitative estimate of drug-likeness (QED) is 0.598. The van der Waals surface area contributed by atoms with Gasteiger partial charge in [-0.05, 0) is 52.7 Å². The average Bonchev–Trinajstić information content (AvgIpc) is 2.64. The molecular weight excluding hydrogens is 416 g/mol. The third kappa shape index (κ3) is 6.36. The van der Waals surface area contributed by atoms with Crippen LogP contribution in [0.5, 0.6) is 0 Å². The number of ether oxygens (including phenoxy) is 1. The predicted molar refractivity (Wildman–Crippen MR) is 113 cm³/mol. The summed E-state index contributed by atoms with van der Waals surface area (Å²) in [4.78, 5) is 13.8. The Kier molecular flexibility index (Phi) is 8.18. The highest BCUT2D eigenvalue weighted by molar-refractivity contribution is 7.90. The fraction of sp³-hybridized carbons (Fsp3) is 0.650. The Hall–Kier alpha value is -1.78. The van der Waals surface area contributed by atoms with Crippen molar-refractivity contribution < 1.29 is 26.7 Å². The number of sulfonamides is 1. The van der Waals surface area contributed by atoms with Crippen LogP contribution in [0, 0.1) is 11.6 Å². The second-order valence-electron chi connectivity index (χ2n) is 8.40. The van der Waals surface area contributed by atoms with E-state index in [1.807, 2.05) is 6.92 Å². The molecule has 0 spiro atoms. The molecule has 1 heterocycles. The maximum Gasteiger partial charge on any atom is 0.224 e. The first-order chi connectivity index (χ1) is 13.9. The van der Waals surface area contributed by atoms with Gasteiger partial charge in [0.2, 0.25) is 15.9 Å². The van der Waals surface area contributed by atoms with Gasteiger partial charge in [-0.1, -0.05) is 0 Å². The highest BCUT2D eigenvalue weighted by Crippen LogP contribution is 2.28. The van der Waals surface area contributed by atoms with E-state index in [1.165, 1.54) is 12.1 Å². The second kappa shape index (κ2) is 10.0. The number of morpholine rings is 1. The molecule has 0 saturated carbocycles. The number of nitrogens with one attached hydrogen (secondary N) is 2. The summed E-state index contributed by atoms with van der Waals surface area (Å²) < 4.78 is 59.8. The molecule has 7 nitrogen and oxygen atoms in total. The number of amides is 1. The molecule has 1 aromatic rings. The van der Waals surface area contributed by atoms with Crippen molar-refractivity contribution in [1.29, 1.82) is 0 Å². The number of unbranched alkanes of at least 4 members (excludes halogenated alkanes) is 1. The first-order valence-electron chi connectivity index (χ1n) is 10.1. The molecule has 10 heteroatoms. The molecule has 0 aliphatic carbocycles. The van der Waals surface area contributed by atoms with E-state index >= 15 is 0 Å². The minimum absolute atomic E-state index is 0.0705. The summed E-state index contributed by atoms with van der Waals surface area (Å²) in [6.07, 6.45) is 0.856. The van der Waals surface area contributed by atoms with Crippen LogP contribution in [-0.4, -0.2) is 51.4 Å². The highest BCUT2D eigenvalue weighted by Gasteiger charge is 2.28. The molecule has 1 amide bonds. The van der Waals surface area contributed by atoms with Gasteiger partial charge in [-0.3, -0.25) is 4.79 Å². The number of hydrogen-bond acceptors (Lipinski definition) is 5. The summed E-state index contributed by atoms with van der Waals surface area (Å²) in [6.45, 7) is 8.23. The van der Waals surface area contributed by atoms with Crippen LogP contribution in [0.3, 0.4) is 0 Å². The highest BCUT2D eigenvalue weighted by atomic mass is 32.2. The molecule has 1 aromatic carbocycles. The van der Waals surface area contributed by atoms with Crippen LogP contribution in [0.25, 0.3) is 0 Å². The van der Waals surface area contributed by atoms with Crippen molar-refractivity contribution in [3.05, 3.63) is 23.8 Å². The van der Waals surface area contributed by atoms with Crippen LogP contribution in [-0.2, 0) is 19.6 Å². The summed E-state index contributed by atoms with van der Waals surface area (Å²) in [5.41, 5.74) is -0.0669. The van der Waals surface area contributed by atoms with E-state index in [9.17, 15) is 22.0 Å². The lowest BCUT2D eigenvalue weighted by molar-refractivity contribution is -0.116. The molecule has 1 aliphatic heterocycles. The second-order valence-corrected chi connectivity index (χ2v) is 10.9. The number of benzene rings is 1. The van der Waals surface area contributed by atoms with Crippen LogP contribution < -0.4 is 14.9 Å². The van der Waals surface area contributed by atoms with E-state index < -0.39 is 32.3 Å². The molecular formula is C20H31F2N3O4S. The van der Waals surface area contributed by atoms with Crippen molar-refractivity contribution in [2.75, 3.05) is 36.5 Å². The summed E-state index contributed by atoms with van der Waals surface area (Å²) in [5, 5.41) is 2.39. The third-order valence-electron chi connectivity index (χ3n) is 4.85. The van der Waals surface area contributed by atoms with Gasteiger partial charge in [-0.25, -0.2) is 21.9 Å². The first kappa shape index (κ1) is 24.5. The zero-order chi connectivity index (χ0) is 22.5. The van der Waals surface area contributed by atoms with Crippen LogP contribution in [0.2, 0.25) is 0 Å². The van der Waals surface area contributed by atoms with Crippen LogP contribution >= 0.6 is 0 Å². The smallest absolute Gasteiger partial charge is 0.224 e. The Morgan fingerprint density at radius 1 is 1.23 bits per heavy atom. The summed E-state index contributed by atoms with van der Waals surface area (Å²) >= 11 is 0. The van der Waals surface area contributed by atoms with Crippen molar-refractivity contribution >= 4 is 27.3 Å². The fourth-order valence-electron chi connectivity index (χ4n) is 2.96. The summed E-state index contributed by atoms with van der Waals surface area (Å²) in [6, 6.07) is 2.80. The van der Waals surface area contributed by atoms with Crippen molar-refractivity contribution in [3.8, 4) is 0 Å². The van der Waals surface area contributed by atoms with Gasteiger partial charge in [0.1, 0.15) is 0 Å². The maximum atomic E-state index is 14.5. The van der Waals surface area contributed by atoms with Gasteiger partial charge in [0, 0.05) is 26.1 Å².